The normalized spacial score (nSPS) is 12.0. The molecule has 2 aromatic carbocycles. The van der Waals surface area contributed by atoms with Crippen molar-refractivity contribution in [1.82, 2.24) is 10.2 Å². The summed E-state index contributed by atoms with van der Waals surface area (Å²) in [4.78, 5) is 25.1. The molecule has 0 fully saturated rings. The number of carbonyl (C=O) groups is 1. The minimum Gasteiger partial charge on any atom is -0.350 e. The van der Waals surface area contributed by atoms with Gasteiger partial charge in [0.15, 0.2) is 0 Å². The second kappa shape index (κ2) is 9.31. The molecule has 138 valence electrons. The molecule has 0 aromatic heterocycles. The van der Waals surface area contributed by atoms with E-state index in [4.69, 9.17) is 11.6 Å². The minimum absolute atomic E-state index is 0.0110. The molecular formula is C19H22ClN3O3. The first kappa shape index (κ1) is 19.9. The number of nitrogens with zero attached hydrogens (tertiary/aromatic N) is 2. The molecule has 2 aromatic rings. The van der Waals surface area contributed by atoms with Crippen molar-refractivity contribution in [2.24, 2.45) is 0 Å². The van der Waals surface area contributed by atoms with E-state index in [1.165, 1.54) is 18.2 Å². The molecule has 2 rings (SSSR count). The van der Waals surface area contributed by atoms with Crippen LogP contribution >= 0.6 is 11.6 Å². The van der Waals surface area contributed by atoms with E-state index >= 15 is 0 Å². The van der Waals surface area contributed by atoms with E-state index in [0.29, 0.717) is 6.54 Å². The molecule has 7 heteroatoms. The molecule has 0 saturated carbocycles. The number of nitro groups is 1. The first-order valence-electron chi connectivity index (χ1n) is 8.49. The van der Waals surface area contributed by atoms with Crippen molar-refractivity contribution in [3.8, 4) is 0 Å². The van der Waals surface area contributed by atoms with Gasteiger partial charge in [-0.3, -0.25) is 19.8 Å². The predicted octanol–water partition coefficient (Wildman–Crippen LogP) is 4.06. The number of benzene rings is 2. The van der Waals surface area contributed by atoms with Crippen molar-refractivity contribution in [3.05, 3.63) is 74.8 Å². The van der Waals surface area contributed by atoms with Crippen LogP contribution in [0.25, 0.3) is 0 Å². The SMILES string of the molecule is CCN(CC)[C@@H](CNC(=O)c1ccc(Cl)c([N+](=O)[O-])c1)c1ccccc1. The summed E-state index contributed by atoms with van der Waals surface area (Å²) in [5.41, 5.74) is 1.05. The van der Waals surface area contributed by atoms with E-state index < -0.39 is 4.92 Å². The summed E-state index contributed by atoms with van der Waals surface area (Å²) in [7, 11) is 0. The fourth-order valence-corrected chi connectivity index (χ4v) is 3.07. The first-order valence-corrected chi connectivity index (χ1v) is 8.86. The second-order valence-electron chi connectivity index (χ2n) is 5.78. The van der Waals surface area contributed by atoms with Crippen LogP contribution in [-0.4, -0.2) is 35.4 Å². The van der Waals surface area contributed by atoms with Crippen LogP contribution in [0.15, 0.2) is 48.5 Å². The first-order chi connectivity index (χ1) is 12.5. The summed E-state index contributed by atoms with van der Waals surface area (Å²) >= 11 is 5.80. The third-order valence-corrected chi connectivity index (χ3v) is 4.62. The standard InChI is InChI=1S/C19H22ClN3O3/c1-3-22(4-2)18(14-8-6-5-7-9-14)13-21-19(24)15-10-11-16(20)17(12-15)23(25)26/h5-12,18H,3-4,13H2,1-2H3,(H,21,24)/t18-/m0/s1. The van der Waals surface area contributed by atoms with Gasteiger partial charge in [0.25, 0.3) is 11.6 Å². The molecule has 0 unspecified atom stereocenters. The summed E-state index contributed by atoms with van der Waals surface area (Å²) in [6, 6.07) is 14.0. The predicted molar refractivity (Wildman–Crippen MR) is 103 cm³/mol. The number of carbonyl (C=O) groups excluding carboxylic acids is 1. The molecule has 1 atom stereocenters. The lowest BCUT2D eigenvalue weighted by atomic mass is 10.0. The van der Waals surface area contributed by atoms with Crippen molar-refractivity contribution in [1.29, 1.82) is 0 Å². The number of nitro benzene ring substituents is 1. The molecule has 26 heavy (non-hydrogen) atoms. The largest absolute Gasteiger partial charge is 0.350 e. The molecule has 1 N–H and O–H groups in total. The zero-order valence-electron chi connectivity index (χ0n) is 14.8. The summed E-state index contributed by atoms with van der Waals surface area (Å²) in [5, 5.41) is 13.9. The molecule has 0 aliphatic rings. The van der Waals surface area contributed by atoms with Crippen LogP contribution in [0.1, 0.15) is 35.8 Å². The fraction of sp³-hybridized carbons (Fsp3) is 0.316. The summed E-state index contributed by atoms with van der Waals surface area (Å²) < 4.78 is 0. The van der Waals surface area contributed by atoms with E-state index in [0.717, 1.165) is 18.7 Å². The highest BCUT2D eigenvalue weighted by Crippen LogP contribution is 2.25. The maximum absolute atomic E-state index is 12.5. The van der Waals surface area contributed by atoms with Gasteiger partial charge >= 0.3 is 0 Å². The van der Waals surface area contributed by atoms with Crippen molar-refractivity contribution in [3.63, 3.8) is 0 Å². The molecular weight excluding hydrogens is 354 g/mol. The zero-order chi connectivity index (χ0) is 19.1. The monoisotopic (exact) mass is 375 g/mol. The molecule has 0 radical (unpaired) electrons. The number of amides is 1. The Balaban J connectivity index is 2.17. The van der Waals surface area contributed by atoms with Gasteiger partial charge in [0.2, 0.25) is 0 Å². The Kier molecular flexibility index (Phi) is 7.12. The van der Waals surface area contributed by atoms with E-state index in [1.807, 2.05) is 30.3 Å². The van der Waals surface area contributed by atoms with Gasteiger partial charge in [-0.1, -0.05) is 55.8 Å². The topological polar surface area (TPSA) is 75.5 Å². The Morgan fingerprint density at radius 1 is 1.19 bits per heavy atom. The van der Waals surface area contributed by atoms with Crippen LogP contribution in [0, 0.1) is 10.1 Å². The van der Waals surface area contributed by atoms with Crippen LogP contribution in [0.2, 0.25) is 5.02 Å². The fourth-order valence-electron chi connectivity index (χ4n) is 2.88. The Morgan fingerprint density at radius 2 is 1.85 bits per heavy atom. The lowest BCUT2D eigenvalue weighted by Crippen LogP contribution is -2.38. The average Bonchev–Trinajstić information content (AvgIpc) is 2.65. The number of hydrogen-bond acceptors (Lipinski definition) is 4. The van der Waals surface area contributed by atoms with Gasteiger partial charge in [-0.05, 0) is 30.8 Å². The molecule has 0 aliphatic carbocycles. The van der Waals surface area contributed by atoms with E-state index in [9.17, 15) is 14.9 Å². The van der Waals surface area contributed by atoms with Gasteiger partial charge in [0.05, 0.1) is 11.0 Å². The molecule has 0 spiro atoms. The lowest BCUT2D eigenvalue weighted by molar-refractivity contribution is -0.384. The van der Waals surface area contributed by atoms with Gasteiger partial charge in [-0.15, -0.1) is 0 Å². The summed E-state index contributed by atoms with van der Waals surface area (Å²) in [6.07, 6.45) is 0. The number of halogens is 1. The van der Waals surface area contributed by atoms with Gasteiger partial charge in [-0.2, -0.15) is 0 Å². The van der Waals surface area contributed by atoms with Crippen LogP contribution < -0.4 is 5.32 Å². The van der Waals surface area contributed by atoms with Crippen LogP contribution in [0.4, 0.5) is 5.69 Å². The second-order valence-corrected chi connectivity index (χ2v) is 6.19. The van der Waals surface area contributed by atoms with Gasteiger partial charge < -0.3 is 5.32 Å². The molecule has 0 heterocycles. The minimum atomic E-state index is -0.595. The number of nitrogens with one attached hydrogen (secondary N) is 1. The summed E-state index contributed by atoms with van der Waals surface area (Å²) in [6.45, 7) is 6.24. The number of rotatable bonds is 8. The Bertz CT molecular complexity index is 764. The Hall–Kier alpha value is -2.44. The van der Waals surface area contributed by atoms with Crippen molar-refractivity contribution in [2.45, 2.75) is 19.9 Å². The van der Waals surface area contributed by atoms with Crippen molar-refractivity contribution in [2.75, 3.05) is 19.6 Å². The number of hydrogen-bond donors (Lipinski definition) is 1. The van der Waals surface area contributed by atoms with Crippen LogP contribution in [-0.2, 0) is 0 Å². The van der Waals surface area contributed by atoms with E-state index in [1.54, 1.807) is 0 Å². The maximum atomic E-state index is 12.5. The van der Waals surface area contributed by atoms with Gasteiger partial charge in [0, 0.05) is 18.2 Å². The van der Waals surface area contributed by atoms with Gasteiger partial charge in [-0.25, -0.2) is 0 Å². The lowest BCUT2D eigenvalue weighted by Gasteiger charge is -2.30. The third kappa shape index (κ3) is 4.80. The molecule has 0 aliphatic heterocycles. The highest BCUT2D eigenvalue weighted by atomic mass is 35.5. The van der Waals surface area contributed by atoms with Crippen molar-refractivity contribution < 1.29 is 9.72 Å². The molecule has 0 bridgehead atoms. The van der Waals surface area contributed by atoms with Crippen LogP contribution in [0.3, 0.4) is 0 Å². The highest BCUT2D eigenvalue weighted by Gasteiger charge is 2.20. The maximum Gasteiger partial charge on any atom is 0.288 e. The Labute approximate surface area is 157 Å². The van der Waals surface area contributed by atoms with E-state index in [2.05, 4.69) is 24.1 Å². The van der Waals surface area contributed by atoms with E-state index in [-0.39, 0.29) is 28.2 Å². The van der Waals surface area contributed by atoms with Crippen molar-refractivity contribution >= 4 is 23.2 Å². The number of likely N-dealkylation sites (N-methyl/N-ethyl adjacent to an activating group) is 1. The summed E-state index contributed by atoms with van der Waals surface area (Å²) in [5.74, 6) is -0.363. The molecule has 0 saturated heterocycles. The third-order valence-electron chi connectivity index (χ3n) is 4.30. The Morgan fingerprint density at radius 3 is 2.42 bits per heavy atom. The zero-order valence-corrected chi connectivity index (χ0v) is 15.6. The molecule has 1 amide bonds. The molecule has 6 nitrogen and oxygen atoms in total. The quantitative estimate of drug-likeness (QED) is 0.557. The smallest absolute Gasteiger partial charge is 0.288 e. The highest BCUT2D eigenvalue weighted by molar-refractivity contribution is 6.32. The van der Waals surface area contributed by atoms with Crippen LogP contribution in [0.5, 0.6) is 0 Å². The van der Waals surface area contributed by atoms with Gasteiger partial charge in [0.1, 0.15) is 5.02 Å². The average molecular weight is 376 g/mol.